The first-order valence-corrected chi connectivity index (χ1v) is 7.42. The molecule has 2 rings (SSSR count). The highest BCUT2D eigenvalue weighted by molar-refractivity contribution is 7.09. The van der Waals surface area contributed by atoms with E-state index in [2.05, 4.69) is 22.2 Å². The topological polar surface area (TPSA) is 16.1 Å². The number of thiazole rings is 1. The molecule has 0 fully saturated rings. The van der Waals surface area contributed by atoms with Crippen molar-refractivity contribution in [2.75, 3.05) is 7.05 Å². The zero-order chi connectivity index (χ0) is 13.7. The summed E-state index contributed by atoms with van der Waals surface area (Å²) in [6, 6.07) is 6.92. The molecule has 0 bridgehead atoms. The number of benzene rings is 1. The predicted octanol–water partition coefficient (Wildman–Crippen LogP) is 3.87. The lowest BCUT2D eigenvalue weighted by Gasteiger charge is -2.15. The van der Waals surface area contributed by atoms with Crippen LogP contribution in [0.25, 0.3) is 0 Å². The molecule has 19 heavy (non-hydrogen) atoms. The van der Waals surface area contributed by atoms with Crippen LogP contribution >= 0.6 is 11.3 Å². The molecule has 2 aromatic rings. The summed E-state index contributed by atoms with van der Waals surface area (Å²) in [5.74, 6) is -0.140. The monoisotopic (exact) mass is 278 g/mol. The van der Waals surface area contributed by atoms with Crippen LogP contribution in [-0.4, -0.2) is 16.9 Å². The van der Waals surface area contributed by atoms with Crippen molar-refractivity contribution in [3.63, 3.8) is 0 Å². The molecule has 1 heterocycles. The highest BCUT2D eigenvalue weighted by atomic mass is 32.1. The van der Waals surface area contributed by atoms with Crippen molar-refractivity contribution < 1.29 is 4.39 Å². The van der Waals surface area contributed by atoms with Gasteiger partial charge in [-0.1, -0.05) is 25.1 Å². The first kappa shape index (κ1) is 14.2. The van der Waals surface area contributed by atoms with Crippen molar-refractivity contribution in [2.45, 2.75) is 32.9 Å². The predicted molar refractivity (Wildman–Crippen MR) is 77.7 cm³/mol. The van der Waals surface area contributed by atoms with Gasteiger partial charge in [-0.2, -0.15) is 0 Å². The maximum Gasteiger partial charge on any atom is 0.127 e. The molecule has 0 aliphatic carbocycles. The SMILES string of the molecule is CCCc1nc(CN(C)Cc2ccccc2F)cs1. The van der Waals surface area contributed by atoms with Gasteiger partial charge in [0.1, 0.15) is 5.82 Å². The molecule has 4 heteroatoms. The molecule has 0 atom stereocenters. The summed E-state index contributed by atoms with van der Waals surface area (Å²) in [6.07, 6.45) is 2.17. The van der Waals surface area contributed by atoms with Crippen LogP contribution in [0.4, 0.5) is 4.39 Å². The zero-order valence-corrected chi connectivity index (χ0v) is 12.2. The molecule has 0 saturated carbocycles. The molecule has 0 saturated heterocycles. The van der Waals surface area contributed by atoms with Crippen molar-refractivity contribution in [1.29, 1.82) is 0 Å². The Morgan fingerprint density at radius 3 is 2.79 bits per heavy atom. The zero-order valence-electron chi connectivity index (χ0n) is 11.4. The Labute approximate surface area is 117 Å². The van der Waals surface area contributed by atoms with Crippen molar-refractivity contribution >= 4 is 11.3 Å². The fourth-order valence-electron chi connectivity index (χ4n) is 2.00. The van der Waals surface area contributed by atoms with Crippen LogP contribution in [0.2, 0.25) is 0 Å². The fourth-order valence-corrected chi connectivity index (χ4v) is 2.89. The number of hydrogen-bond acceptors (Lipinski definition) is 3. The van der Waals surface area contributed by atoms with E-state index in [9.17, 15) is 4.39 Å². The number of nitrogens with zero attached hydrogens (tertiary/aromatic N) is 2. The molecule has 2 nitrogen and oxygen atoms in total. The van der Waals surface area contributed by atoms with E-state index in [1.807, 2.05) is 19.2 Å². The van der Waals surface area contributed by atoms with Crippen molar-refractivity contribution in [2.24, 2.45) is 0 Å². The maximum absolute atomic E-state index is 13.6. The van der Waals surface area contributed by atoms with Crippen LogP contribution in [0.3, 0.4) is 0 Å². The summed E-state index contributed by atoms with van der Waals surface area (Å²) in [5.41, 5.74) is 1.81. The second kappa shape index (κ2) is 6.78. The van der Waals surface area contributed by atoms with Crippen molar-refractivity contribution in [3.8, 4) is 0 Å². The van der Waals surface area contributed by atoms with Gasteiger partial charge in [0.2, 0.25) is 0 Å². The molecule has 102 valence electrons. The summed E-state index contributed by atoms with van der Waals surface area (Å²) < 4.78 is 13.6. The molecule has 0 aliphatic heterocycles. The van der Waals surface area contributed by atoms with E-state index in [1.54, 1.807) is 17.4 Å². The molecule has 0 aliphatic rings. The van der Waals surface area contributed by atoms with E-state index in [1.165, 1.54) is 11.1 Å². The van der Waals surface area contributed by atoms with Crippen molar-refractivity contribution in [3.05, 3.63) is 51.7 Å². The molecule has 0 unspecified atom stereocenters. The summed E-state index contributed by atoms with van der Waals surface area (Å²) in [4.78, 5) is 6.67. The minimum Gasteiger partial charge on any atom is -0.296 e. The van der Waals surface area contributed by atoms with Crippen LogP contribution in [-0.2, 0) is 19.5 Å². The molecule has 1 aromatic carbocycles. The van der Waals surface area contributed by atoms with Gasteiger partial charge in [0, 0.05) is 24.0 Å². The lowest BCUT2D eigenvalue weighted by Crippen LogP contribution is -2.18. The van der Waals surface area contributed by atoms with Gasteiger partial charge in [-0.3, -0.25) is 4.90 Å². The van der Waals surface area contributed by atoms with Gasteiger partial charge in [-0.25, -0.2) is 9.37 Å². The minimum atomic E-state index is -0.140. The van der Waals surface area contributed by atoms with Crippen LogP contribution in [0.15, 0.2) is 29.6 Å². The average Bonchev–Trinajstić information content (AvgIpc) is 2.80. The van der Waals surface area contributed by atoms with Crippen LogP contribution < -0.4 is 0 Å². The maximum atomic E-state index is 13.6. The Hall–Kier alpha value is -1.26. The molecular weight excluding hydrogens is 259 g/mol. The normalized spacial score (nSPS) is 11.2. The lowest BCUT2D eigenvalue weighted by atomic mass is 10.2. The molecular formula is C15H19FN2S. The Morgan fingerprint density at radius 2 is 2.05 bits per heavy atom. The molecule has 0 radical (unpaired) electrons. The standard InChI is InChI=1S/C15H19FN2S/c1-3-6-15-17-13(11-19-15)10-18(2)9-12-7-4-5-8-14(12)16/h4-5,7-8,11H,3,6,9-10H2,1-2H3. The summed E-state index contributed by atoms with van der Waals surface area (Å²) in [7, 11) is 1.99. The van der Waals surface area contributed by atoms with E-state index in [-0.39, 0.29) is 5.82 Å². The number of halogens is 1. The van der Waals surface area contributed by atoms with Crippen LogP contribution in [0.1, 0.15) is 29.6 Å². The Bertz CT molecular complexity index is 524. The third-order valence-electron chi connectivity index (χ3n) is 2.89. The molecule has 0 N–H and O–H groups in total. The highest BCUT2D eigenvalue weighted by Crippen LogP contribution is 2.15. The van der Waals surface area contributed by atoms with Crippen LogP contribution in [0, 0.1) is 5.82 Å². The van der Waals surface area contributed by atoms with E-state index in [4.69, 9.17) is 0 Å². The fraction of sp³-hybridized carbons (Fsp3) is 0.400. The van der Waals surface area contributed by atoms with E-state index < -0.39 is 0 Å². The van der Waals surface area contributed by atoms with E-state index in [0.717, 1.165) is 30.6 Å². The lowest BCUT2D eigenvalue weighted by molar-refractivity contribution is 0.310. The summed E-state index contributed by atoms with van der Waals surface area (Å²) in [6.45, 7) is 3.52. The van der Waals surface area contributed by atoms with Gasteiger partial charge in [0.05, 0.1) is 10.7 Å². The Balaban J connectivity index is 1.93. The Morgan fingerprint density at radius 1 is 1.26 bits per heavy atom. The number of rotatable bonds is 6. The largest absolute Gasteiger partial charge is 0.296 e. The van der Waals surface area contributed by atoms with E-state index >= 15 is 0 Å². The van der Waals surface area contributed by atoms with E-state index in [0.29, 0.717) is 6.54 Å². The second-order valence-corrected chi connectivity index (χ2v) is 5.69. The smallest absolute Gasteiger partial charge is 0.127 e. The highest BCUT2D eigenvalue weighted by Gasteiger charge is 2.08. The van der Waals surface area contributed by atoms with Gasteiger partial charge in [-0.05, 0) is 26.0 Å². The van der Waals surface area contributed by atoms with Gasteiger partial charge >= 0.3 is 0 Å². The quantitative estimate of drug-likeness (QED) is 0.797. The average molecular weight is 278 g/mol. The Kier molecular flexibility index (Phi) is 5.05. The summed E-state index contributed by atoms with van der Waals surface area (Å²) in [5, 5.41) is 3.29. The number of aromatic nitrogens is 1. The molecule has 0 amide bonds. The van der Waals surface area contributed by atoms with Gasteiger partial charge in [0.25, 0.3) is 0 Å². The van der Waals surface area contributed by atoms with Gasteiger partial charge in [0.15, 0.2) is 0 Å². The third-order valence-corrected chi connectivity index (χ3v) is 3.85. The first-order valence-electron chi connectivity index (χ1n) is 6.54. The van der Waals surface area contributed by atoms with Gasteiger partial charge < -0.3 is 0 Å². The minimum absolute atomic E-state index is 0.140. The molecule has 0 spiro atoms. The summed E-state index contributed by atoms with van der Waals surface area (Å²) >= 11 is 1.71. The number of aryl methyl sites for hydroxylation is 1. The second-order valence-electron chi connectivity index (χ2n) is 4.75. The first-order chi connectivity index (χ1) is 9.19. The number of hydrogen-bond donors (Lipinski definition) is 0. The van der Waals surface area contributed by atoms with Crippen molar-refractivity contribution in [1.82, 2.24) is 9.88 Å². The molecule has 1 aromatic heterocycles. The third kappa shape index (κ3) is 4.11. The van der Waals surface area contributed by atoms with Crippen LogP contribution in [0.5, 0.6) is 0 Å². The van der Waals surface area contributed by atoms with Gasteiger partial charge in [-0.15, -0.1) is 11.3 Å².